The van der Waals surface area contributed by atoms with Gasteiger partial charge in [-0.25, -0.2) is 0 Å². The fourth-order valence-corrected chi connectivity index (χ4v) is 2.40. The third-order valence-corrected chi connectivity index (χ3v) is 3.48. The van der Waals surface area contributed by atoms with Crippen molar-refractivity contribution in [2.75, 3.05) is 24.5 Å². The van der Waals surface area contributed by atoms with Crippen molar-refractivity contribution in [3.63, 3.8) is 0 Å². The molecule has 2 rings (SSSR count). The Kier molecular flexibility index (Phi) is 4.37. The number of nitrogens with zero attached hydrogens (tertiary/aromatic N) is 1. The monoisotopic (exact) mass is 246 g/mol. The van der Waals surface area contributed by atoms with Crippen LogP contribution >= 0.6 is 0 Å². The summed E-state index contributed by atoms with van der Waals surface area (Å²) in [5.41, 5.74) is 2.01. The molecule has 1 atom stereocenters. The minimum Gasteiger partial charge on any atom is -0.370 e. The number of carbonyl (C=O) groups excluding carboxylic acids is 1. The Balaban J connectivity index is 2.10. The summed E-state index contributed by atoms with van der Waals surface area (Å²) in [6, 6.07) is 8.48. The Labute approximate surface area is 109 Å². The highest BCUT2D eigenvalue weighted by Gasteiger charge is 2.13. The number of nitrogens with one attached hydrogen (secondary N) is 1. The zero-order chi connectivity index (χ0) is 13.0. The average molecular weight is 246 g/mol. The van der Waals surface area contributed by atoms with E-state index in [2.05, 4.69) is 29.3 Å². The SMILES string of the molecule is CC(=O)c1ccc(N2CCCCNC(C)C2)cc1. The Morgan fingerprint density at radius 3 is 2.67 bits per heavy atom. The first kappa shape index (κ1) is 13.1. The van der Waals surface area contributed by atoms with E-state index in [0.717, 1.165) is 25.2 Å². The van der Waals surface area contributed by atoms with E-state index in [1.54, 1.807) is 6.92 Å². The van der Waals surface area contributed by atoms with Gasteiger partial charge in [0.2, 0.25) is 0 Å². The van der Waals surface area contributed by atoms with Gasteiger partial charge >= 0.3 is 0 Å². The molecule has 1 aromatic carbocycles. The van der Waals surface area contributed by atoms with Gasteiger partial charge in [0.1, 0.15) is 0 Å². The number of Topliss-reactive ketones (excluding diaryl/α,β-unsaturated/α-hetero) is 1. The van der Waals surface area contributed by atoms with Crippen molar-refractivity contribution >= 4 is 11.5 Å². The molecule has 1 aliphatic heterocycles. The molecule has 0 aromatic heterocycles. The van der Waals surface area contributed by atoms with E-state index in [4.69, 9.17) is 0 Å². The molecule has 3 heteroatoms. The molecule has 1 N–H and O–H groups in total. The van der Waals surface area contributed by atoms with Crippen molar-refractivity contribution in [1.29, 1.82) is 0 Å². The Morgan fingerprint density at radius 2 is 2.00 bits per heavy atom. The first-order chi connectivity index (χ1) is 8.66. The maximum atomic E-state index is 11.3. The summed E-state index contributed by atoms with van der Waals surface area (Å²) in [6.45, 7) is 7.09. The number of rotatable bonds is 2. The topological polar surface area (TPSA) is 32.3 Å². The van der Waals surface area contributed by atoms with Crippen LogP contribution in [0, 0.1) is 0 Å². The van der Waals surface area contributed by atoms with Gasteiger partial charge in [-0.05, 0) is 57.5 Å². The molecular formula is C15H22N2O. The second-order valence-corrected chi connectivity index (χ2v) is 5.11. The van der Waals surface area contributed by atoms with E-state index in [1.807, 2.05) is 12.1 Å². The summed E-state index contributed by atoms with van der Waals surface area (Å²) < 4.78 is 0. The molecule has 1 unspecified atom stereocenters. The van der Waals surface area contributed by atoms with Crippen molar-refractivity contribution in [1.82, 2.24) is 5.32 Å². The highest BCUT2D eigenvalue weighted by molar-refractivity contribution is 5.94. The molecule has 1 aromatic rings. The molecule has 98 valence electrons. The highest BCUT2D eigenvalue weighted by Crippen LogP contribution is 2.17. The fraction of sp³-hybridized carbons (Fsp3) is 0.533. The van der Waals surface area contributed by atoms with Crippen LogP contribution in [0.15, 0.2) is 24.3 Å². The molecule has 0 saturated carbocycles. The Bertz CT molecular complexity index is 399. The number of benzene rings is 1. The van der Waals surface area contributed by atoms with Gasteiger partial charge in [0.05, 0.1) is 0 Å². The molecule has 0 amide bonds. The first-order valence-corrected chi connectivity index (χ1v) is 6.76. The van der Waals surface area contributed by atoms with Crippen LogP contribution in [0.4, 0.5) is 5.69 Å². The Hall–Kier alpha value is -1.35. The van der Waals surface area contributed by atoms with E-state index in [0.29, 0.717) is 6.04 Å². The van der Waals surface area contributed by atoms with Gasteiger partial charge in [0.15, 0.2) is 5.78 Å². The van der Waals surface area contributed by atoms with Gasteiger partial charge in [0.25, 0.3) is 0 Å². The zero-order valence-corrected chi connectivity index (χ0v) is 11.3. The van der Waals surface area contributed by atoms with Crippen LogP contribution in [-0.4, -0.2) is 31.5 Å². The van der Waals surface area contributed by atoms with E-state index in [9.17, 15) is 4.79 Å². The van der Waals surface area contributed by atoms with Gasteiger partial charge in [0, 0.05) is 30.4 Å². The molecule has 1 saturated heterocycles. The lowest BCUT2D eigenvalue weighted by molar-refractivity contribution is 0.101. The lowest BCUT2D eigenvalue weighted by atomic mass is 10.1. The van der Waals surface area contributed by atoms with E-state index in [-0.39, 0.29) is 5.78 Å². The minimum atomic E-state index is 0.129. The summed E-state index contributed by atoms with van der Waals surface area (Å²) in [7, 11) is 0. The summed E-state index contributed by atoms with van der Waals surface area (Å²) in [6.07, 6.45) is 2.44. The number of carbonyl (C=O) groups is 1. The number of anilines is 1. The number of ketones is 1. The summed E-state index contributed by atoms with van der Waals surface area (Å²) in [5.74, 6) is 0.129. The smallest absolute Gasteiger partial charge is 0.159 e. The quantitative estimate of drug-likeness (QED) is 0.814. The second-order valence-electron chi connectivity index (χ2n) is 5.11. The van der Waals surface area contributed by atoms with Gasteiger partial charge in [-0.2, -0.15) is 0 Å². The second kappa shape index (κ2) is 6.01. The molecule has 1 aliphatic rings. The lowest BCUT2D eigenvalue weighted by Gasteiger charge is -2.31. The summed E-state index contributed by atoms with van der Waals surface area (Å²) >= 11 is 0. The van der Waals surface area contributed by atoms with Crippen molar-refractivity contribution in [3.8, 4) is 0 Å². The molecule has 0 aliphatic carbocycles. The van der Waals surface area contributed by atoms with Crippen molar-refractivity contribution in [2.24, 2.45) is 0 Å². The van der Waals surface area contributed by atoms with Crippen molar-refractivity contribution in [2.45, 2.75) is 32.7 Å². The van der Waals surface area contributed by atoms with Crippen LogP contribution < -0.4 is 10.2 Å². The van der Waals surface area contributed by atoms with E-state index < -0.39 is 0 Å². The first-order valence-electron chi connectivity index (χ1n) is 6.76. The van der Waals surface area contributed by atoms with Gasteiger partial charge in [-0.3, -0.25) is 4.79 Å². The maximum absolute atomic E-state index is 11.3. The number of hydrogen-bond donors (Lipinski definition) is 1. The molecule has 0 bridgehead atoms. The Morgan fingerprint density at radius 1 is 1.28 bits per heavy atom. The minimum absolute atomic E-state index is 0.129. The van der Waals surface area contributed by atoms with E-state index in [1.165, 1.54) is 18.5 Å². The van der Waals surface area contributed by atoms with Crippen LogP contribution in [0.1, 0.15) is 37.0 Å². The molecular weight excluding hydrogens is 224 g/mol. The number of hydrogen-bond acceptors (Lipinski definition) is 3. The fourth-order valence-electron chi connectivity index (χ4n) is 2.40. The third kappa shape index (κ3) is 3.33. The molecule has 1 fully saturated rings. The zero-order valence-electron chi connectivity index (χ0n) is 11.3. The van der Waals surface area contributed by atoms with Crippen molar-refractivity contribution < 1.29 is 4.79 Å². The van der Waals surface area contributed by atoms with Gasteiger partial charge < -0.3 is 10.2 Å². The van der Waals surface area contributed by atoms with Crippen LogP contribution in [0.3, 0.4) is 0 Å². The average Bonchev–Trinajstić information content (AvgIpc) is 2.34. The largest absolute Gasteiger partial charge is 0.370 e. The van der Waals surface area contributed by atoms with Gasteiger partial charge in [-0.1, -0.05) is 0 Å². The van der Waals surface area contributed by atoms with Crippen molar-refractivity contribution in [3.05, 3.63) is 29.8 Å². The van der Waals surface area contributed by atoms with Crippen LogP contribution in [0.5, 0.6) is 0 Å². The molecule has 1 heterocycles. The summed E-state index contributed by atoms with van der Waals surface area (Å²) in [5, 5.41) is 3.52. The van der Waals surface area contributed by atoms with Crippen LogP contribution in [0.2, 0.25) is 0 Å². The standard InChI is InChI=1S/C15H22N2O/c1-12-11-17(10-4-3-9-16-12)15-7-5-14(6-8-15)13(2)18/h5-8,12,16H,3-4,9-11H2,1-2H3. The molecule has 18 heavy (non-hydrogen) atoms. The molecule has 0 radical (unpaired) electrons. The molecule has 0 spiro atoms. The normalized spacial score (nSPS) is 21.2. The van der Waals surface area contributed by atoms with Crippen LogP contribution in [0.25, 0.3) is 0 Å². The maximum Gasteiger partial charge on any atom is 0.159 e. The summed E-state index contributed by atoms with van der Waals surface area (Å²) in [4.78, 5) is 13.7. The predicted molar refractivity (Wildman–Crippen MR) is 75.4 cm³/mol. The van der Waals surface area contributed by atoms with E-state index >= 15 is 0 Å². The lowest BCUT2D eigenvalue weighted by Crippen LogP contribution is -2.42. The van der Waals surface area contributed by atoms with Crippen LogP contribution in [-0.2, 0) is 0 Å². The van der Waals surface area contributed by atoms with Gasteiger partial charge in [-0.15, -0.1) is 0 Å². The molecule has 3 nitrogen and oxygen atoms in total. The predicted octanol–water partition coefficient (Wildman–Crippen LogP) is 2.47. The highest BCUT2D eigenvalue weighted by atomic mass is 16.1. The third-order valence-electron chi connectivity index (χ3n) is 3.48.